The van der Waals surface area contributed by atoms with Gasteiger partial charge in [0.05, 0.1) is 10.9 Å². The van der Waals surface area contributed by atoms with Crippen LogP contribution in [0.4, 0.5) is 0 Å². The van der Waals surface area contributed by atoms with Gasteiger partial charge < -0.3 is 4.98 Å². The second kappa shape index (κ2) is 5.21. The normalized spacial score (nSPS) is 10.9. The molecule has 0 atom stereocenters. The second-order valence-corrected chi connectivity index (χ2v) is 5.20. The van der Waals surface area contributed by atoms with E-state index < -0.39 is 0 Å². The van der Waals surface area contributed by atoms with Gasteiger partial charge in [0.1, 0.15) is 12.6 Å². The maximum absolute atomic E-state index is 3.50. The van der Waals surface area contributed by atoms with Crippen molar-refractivity contribution in [3.63, 3.8) is 0 Å². The summed E-state index contributed by atoms with van der Waals surface area (Å²) >= 11 is 0. The molecule has 0 unspecified atom stereocenters. The highest BCUT2D eigenvalue weighted by molar-refractivity contribution is 6.05. The van der Waals surface area contributed by atoms with Gasteiger partial charge in [-0.1, -0.05) is 32.0 Å². The number of rotatable bonds is 0. The summed E-state index contributed by atoms with van der Waals surface area (Å²) in [6.45, 7) is 6.14. The summed E-state index contributed by atoms with van der Waals surface area (Å²) in [5.41, 5.74) is 6.23. The van der Waals surface area contributed by atoms with Gasteiger partial charge in [0.25, 0.3) is 0 Å². The van der Waals surface area contributed by atoms with Gasteiger partial charge >= 0.3 is 0 Å². The van der Waals surface area contributed by atoms with E-state index in [1.54, 1.807) is 0 Å². The molecule has 0 spiro atoms. The van der Waals surface area contributed by atoms with Crippen LogP contribution >= 0.6 is 0 Å². The summed E-state index contributed by atoms with van der Waals surface area (Å²) in [7, 11) is 2.14. The van der Waals surface area contributed by atoms with Crippen LogP contribution in [0.25, 0.3) is 32.8 Å². The van der Waals surface area contributed by atoms with Crippen molar-refractivity contribution in [3.8, 4) is 0 Å². The van der Waals surface area contributed by atoms with Crippen LogP contribution in [0.3, 0.4) is 0 Å². The Balaban J connectivity index is 0.000000636. The van der Waals surface area contributed by atoms with Gasteiger partial charge in [0, 0.05) is 11.5 Å². The molecule has 0 aliphatic heterocycles. The van der Waals surface area contributed by atoms with E-state index in [-0.39, 0.29) is 0 Å². The summed E-state index contributed by atoms with van der Waals surface area (Å²) in [6.07, 6.45) is 0. The molecule has 4 aromatic rings. The maximum Gasteiger partial charge on any atom is 0.238 e. The van der Waals surface area contributed by atoms with Crippen molar-refractivity contribution in [2.45, 2.75) is 20.8 Å². The standard InChI is InChI=1S/C17H14N2.C2H6/c1-11-7-8-12-10-15-17(19(2)16(12)9-11)13-5-3-4-6-14(13)18-15;1-2/h3-10H,1-2H3;1-2H3/p+1. The Kier molecular flexibility index (Phi) is 3.38. The number of aromatic nitrogens is 2. The molecule has 0 amide bonds. The van der Waals surface area contributed by atoms with Crippen LogP contribution in [0.5, 0.6) is 0 Å². The van der Waals surface area contributed by atoms with Crippen molar-refractivity contribution in [1.82, 2.24) is 4.98 Å². The van der Waals surface area contributed by atoms with Crippen molar-refractivity contribution in [3.05, 3.63) is 54.1 Å². The number of hydrogen-bond acceptors (Lipinski definition) is 0. The van der Waals surface area contributed by atoms with Crippen LogP contribution < -0.4 is 4.57 Å². The van der Waals surface area contributed by atoms with Crippen LogP contribution in [0, 0.1) is 6.92 Å². The average Bonchev–Trinajstić information content (AvgIpc) is 2.89. The van der Waals surface area contributed by atoms with Crippen LogP contribution in [0.1, 0.15) is 19.4 Å². The van der Waals surface area contributed by atoms with Crippen LogP contribution in [0.2, 0.25) is 0 Å². The topological polar surface area (TPSA) is 19.7 Å². The Morgan fingerprint density at radius 2 is 1.67 bits per heavy atom. The van der Waals surface area contributed by atoms with Crippen molar-refractivity contribution in [2.24, 2.45) is 7.05 Å². The molecule has 0 aliphatic rings. The van der Waals surface area contributed by atoms with Gasteiger partial charge in [-0.3, -0.25) is 0 Å². The van der Waals surface area contributed by atoms with E-state index in [0.29, 0.717) is 0 Å². The molecule has 1 N–H and O–H groups in total. The lowest BCUT2D eigenvalue weighted by Crippen LogP contribution is -2.29. The number of hydrogen-bond donors (Lipinski definition) is 1. The van der Waals surface area contributed by atoms with Crippen LogP contribution in [-0.2, 0) is 7.05 Å². The molecular weight excluding hydrogens is 256 g/mol. The Morgan fingerprint density at radius 1 is 0.905 bits per heavy atom. The third-order valence-corrected chi connectivity index (χ3v) is 3.89. The highest BCUT2D eigenvalue weighted by Crippen LogP contribution is 2.25. The van der Waals surface area contributed by atoms with Gasteiger partial charge in [-0.2, -0.15) is 4.57 Å². The number of nitrogens with one attached hydrogen (secondary N) is 1. The third kappa shape index (κ3) is 2.07. The molecule has 0 saturated heterocycles. The first kappa shape index (κ1) is 13.6. The first-order valence-corrected chi connectivity index (χ1v) is 7.54. The van der Waals surface area contributed by atoms with Gasteiger partial charge in [-0.25, -0.2) is 0 Å². The number of pyridine rings is 1. The molecule has 4 rings (SSSR count). The average molecular weight is 277 g/mol. The van der Waals surface area contributed by atoms with Crippen molar-refractivity contribution in [1.29, 1.82) is 0 Å². The zero-order valence-electron chi connectivity index (χ0n) is 13.1. The molecule has 2 aromatic carbocycles. The molecule has 2 nitrogen and oxygen atoms in total. The molecule has 0 saturated carbocycles. The van der Waals surface area contributed by atoms with Crippen molar-refractivity contribution < 1.29 is 4.57 Å². The molecule has 2 heteroatoms. The van der Waals surface area contributed by atoms with E-state index in [4.69, 9.17) is 0 Å². The summed E-state index contributed by atoms with van der Waals surface area (Å²) in [5, 5.41) is 2.55. The lowest BCUT2D eigenvalue weighted by atomic mass is 10.1. The fraction of sp³-hybridized carbons (Fsp3) is 0.211. The fourth-order valence-corrected chi connectivity index (χ4v) is 2.96. The fourth-order valence-electron chi connectivity index (χ4n) is 2.96. The van der Waals surface area contributed by atoms with Crippen molar-refractivity contribution >= 4 is 32.8 Å². The number of fused-ring (bicyclic) bond motifs is 4. The molecule has 0 bridgehead atoms. The van der Waals surface area contributed by atoms with Crippen LogP contribution in [0.15, 0.2) is 48.5 Å². The zero-order chi connectivity index (χ0) is 15.0. The monoisotopic (exact) mass is 277 g/mol. The van der Waals surface area contributed by atoms with E-state index in [1.165, 1.54) is 38.4 Å². The van der Waals surface area contributed by atoms with E-state index in [9.17, 15) is 0 Å². The van der Waals surface area contributed by atoms with E-state index >= 15 is 0 Å². The maximum atomic E-state index is 3.50. The highest BCUT2D eigenvalue weighted by Gasteiger charge is 2.16. The second-order valence-electron chi connectivity index (χ2n) is 5.20. The van der Waals surface area contributed by atoms with E-state index in [0.717, 1.165) is 0 Å². The molecule has 0 aliphatic carbocycles. The number of nitrogens with zero attached hydrogens (tertiary/aromatic N) is 1. The summed E-state index contributed by atoms with van der Waals surface area (Å²) in [5.74, 6) is 0. The number of benzene rings is 2. The number of aryl methyl sites for hydroxylation is 2. The summed E-state index contributed by atoms with van der Waals surface area (Å²) < 4.78 is 2.29. The molecule has 106 valence electrons. The molecule has 2 aromatic heterocycles. The quantitative estimate of drug-likeness (QED) is 0.452. The number of para-hydroxylation sites is 1. The van der Waals surface area contributed by atoms with E-state index in [1.807, 2.05) is 13.8 Å². The Morgan fingerprint density at radius 3 is 2.48 bits per heavy atom. The molecule has 0 radical (unpaired) electrons. The largest absolute Gasteiger partial charge is 0.349 e. The molecule has 0 fully saturated rings. The minimum Gasteiger partial charge on any atom is -0.349 e. The van der Waals surface area contributed by atoms with Gasteiger partial charge in [0.2, 0.25) is 11.0 Å². The van der Waals surface area contributed by atoms with E-state index in [2.05, 4.69) is 72.1 Å². The lowest BCUT2D eigenvalue weighted by molar-refractivity contribution is -0.616. The van der Waals surface area contributed by atoms with Gasteiger partial charge in [-0.05, 0) is 36.8 Å². The predicted octanol–water partition coefficient (Wildman–Crippen LogP) is 4.63. The third-order valence-electron chi connectivity index (χ3n) is 3.89. The lowest BCUT2D eigenvalue weighted by Gasteiger charge is -2.00. The molecule has 2 heterocycles. The van der Waals surface area contributed by atoms with Crippen LogP contribution in [-0.4, -0.2) is 4.98 Å². The highest BCUT2D eigenvalue weighted by atomic mass is 15.0. The number of H-pyrrole nitrogens is 1. The SMILES string of the molecule is CC.Cc1ccc2cc3[nH]c4ccccc4c3[n+](C)c2c1. The Bertz CT molecular complexity index is 932. The first-order chi connectivity index (χ1) is 10.2. The Hall–Kier alpha value is -2.35. The van der Waals surface area contributed by atoms with Crippen molar-refractivity contribution in [2.75, 3.05) is 0 Å². The predicted molar refractivity (Wildman–Crippen MR) is 90.6 cm³/mol. The smallest absolute Gasteiger partial charge is 0.238 e. The zero-order valence-corrected chi connectivity index (χ0v) is 13.1. The first-order valence-electron chi connectivity index (χ1n) is 7.54. The Labute approximate surface area is 125 Å². The minimum absolute atomic E-state index is 1.19. The summed E-state index contributed by atoms with van der Waals surface area (Å²) in [6, 6.07) is 17.3. The minimum atomic E-state index is 1.19. The van der Waals surface area contributed by atoms with Gasteiger partial charge in [-0.15, -0.1) is 0 Å². The molecular formula is C19H21N2+. The molecule has 21 heavy (non-hydrogen) atoms. The number of aromatic amines is 1. The van der Waals surface area contributed by atoms with Gasteiger partial charge in [0.15, 0.2) is 0 Å². The summed E-state index contributed by atoms with van der Waals surface area (Å²) in [4.78, 5) is 3.50.